The summed E-state index contributed by atoms with van der Waals surface area (Å²) in [5.74, 6) is 1.22. The fourth-order valence-corrected chi connectivity index (χ4v) is 4.27. The third kappa shape index (κ3) is 3.42. The summed E-state index contributed by atoms with van der Waals surface area (Å²) in [5.41, 5.74) is 5.41. The van der Waals surface area contributed by atoms with Crippen LogP contribution in [-0.2, 0) is 4.79 Å². The maximum atomic E-state index is 12.1. The number of hydrogen-bond donors (Lipinski definition) is 2. The highest BCUT2D eigenvalue weighted by Crippen LogP contribution is 2.40. The molecule has 4 nitrogen and oxygen atoms in total. The number of amides is 1. The lowest BCUT2D eigenvalue weighted by Gasteiger charge is -2.36. The maximum Gasteiger partial charge on any atom is 0.238 e. The van der Waals surface area contributed by atoms with Crippen LogP contribution in [0.4, 0.5) is 0 Å². The van der Waals surface area contributed by atoms with Crippen LogP contribution in [0.2, 0.25) is 0 Å². The lowest BCUT2D eigenvalue weighted by atomic mass is 9.83. The number of piperidine rings is 1. The predicted molar refractivity (Wildman–Crippen MR) is 84.9 cm³/mol. The number of likely N-dealkylation sites (tertiary alicyclic amines) is 1. The van der Waals surface area contributed by atoms with E-state index >= 15 is 0 Å². The van der Waals surface area contributed by atoms with Gasteiger partial charge >= 0.3 is 0 Å². The van der Waals surface area contributed by atoms with Crippen LogP contribution < -0.4 is 11.1 Å². The molecule has 21 heavy (non-hydrogen) atoms. The standard InChI is InChI=1S/C17H31N3O/c1-13-6-10-20(11-7-13)12-8-14-3-2-9-17(14,16(18)21)19-15-4-5-15/h13-15,19H,2-12H2,1H3,(H2,18,21). The first kappa shape index (κ1) is 15.3. The molecule has 1 amide bonds. The van der Waals surface area contributed by atoms with Crippen LogP contribution in [0.25, 0.3) is 0 Å². The summed E-state index contributed by atoms with van der Waals surface area (Å²) >= 11 is 0. The van der Waals surface area contributed by atoms with E-state index in [0.717, 1.165) is 38.1 Å². The SMILES string of the molecule is CC1CCN(CCC2CCCC2(NC2CC2)C(N)=O)CC1. The first-order chi connectivity index (χ1) is 10.1. The van der Waals surface area contributed by atoms with E-state index < -0.39 is 5.54 Å². The Morgan fingerprint density at radius 2 is 1.95 bits per heavy atom. The van der Waals surface area contributed by atoms with Crippen molar-refractivity contribution in [2.75, 3.05) is 19.6 Å². The summed E-state index contributed by atoms with van der Waals surface area (Å²) in [5, 5.41) is 3.62. The van der Waals surface area contributed by atoms with Gasteiger partial charge in [0.25, 0.3) is 0 Å². The maximum absolute atomic E-state index is 12.1. The molecular formula is C17H31N3O. The van der Waals surface area contributed by atoms with Crippen LogP contribution in [0.1, 0.15) is 58.3 Å². The summed E-state index contributed by atoms with van der Waals surface area (Å²) in [4.78, 5) is 14.7. The van der Waals surface area contributed by atoms with E-state index in [1.807, 2.05) is 0 Å². The molecule has 1 heterocycles. The lowest BCUT2D eigenvalue weighted by molar-refractivity contribution is -0.126. The molecule has 0 aromatic rings. The van der Waals surface area contributed by atoms with Gasteiger partial charge in [0, 0.05) is 6.04 Å². The van der Waals surface area contributed by atoms with Crippen molar-refractivity contribution in [3.05, 3.63) is 0 Å². The van der Waals surface area contributed by atoms with Gasteiger partial charge in [-0.3, -0.25) is 4.79 Å². The zero-order valence-corrected chi connectivity index (χ0v) is 13.4. The molecule has 2 atom stereocenters. The van der Waals surface area contributed by atoms with Crippen molar-refractivity contribution in [2.45, 2.75) is 69.9 Å². The number of nitrogens with two attached hydrogens (primary N) is 1. The lowest BCUT2D eigenvalue weighted by Crippen LogP contribution is -2.59. The second-order valence-corrected chi connectivity index (χ2v) is 7.66. The highest BCUT2D eigenvalue weighted by atomic mass is 16.1. The van der Waals surface area contributed by atoms with Crippen molar-refractivity contribution in [3.63, 3.8) is 0 Å². The van der Waals surface area contributed by atoms with Crippen molar-refractivity contribution in [1.82, 2.24) is 10.2 Å². The number of primary amides is 1. The van der Waals surface area contributed by atoms with Crippen LogP contribution in [0.5, 0.6) is 0 Å². The van der Waals surface area contributed by atoms with E-state index in [9.17, 15) is 4.79 Å². The van der Waals surface area contributed by atoms with E-state index in [-0.39, 0.29) is 5.91 Å². The first-order valence-electron chi connectivity index (χ1n) is 8.90. The number of nitrogens with zero attached hydrogens (tertiary/aromatic N) is 1. The number of nitrogens with one attached hydrogen (secondary N) is 1. The van der Waals surface area contributed by atoms with Gasteiger partial charge in [-0.2, -0.15) is 0 Å². The second-order valence-electron chi connectivity index (χ2n) is 7.66. The summed E-state index contributed by atoms with van der Waals surface area (Å²) in [7, 11) is 0. The van der Waals surface area contributed by atoms with Crippen LogP contribution in [0.15, 0.2) is 0 Å². The molecule has 1 aliphatic heterocycles. The van der Waals surface area contributed by atoms with E-state index in [1.54, 1.807) is 0 Å². The molecule has 0 spiro atoms. The monoisotopic (exact) mass is 293 g/mol. The van der Waals surface area contributed by atoms with Gasteiger partial charge in [-0.1, -0.05) is 13.3 Å². The molecule has 3 fully saturated rings. The summed E-state index contributed by atoms with van der Waals surface area (Å²) in [6.45, 7) is 5.95. The normalized spacial score (nSPS) is 35.2. The van der Waals surface area contributed by atoms with Crippen LogP contribution >= 0.6 is 0 Å². The Hall–Kier alpha value is -0.610. The molecular weight excluding hydrogens is 262 g/mol. The van der Waals surface area contributed by atoms with E-state index in [4.69, 9.17) is 5.73 Å². The Morgan fingerprint density at radius 3 is 2.57 bits per heavy atom. The third-order valence-corrected chi connectivity index (χ3v) is 5.97. The average molecular weight is 293 g/mol. The molecule has 1 saturated heterocycles. The smallest absolute Gasteiger partial charge is 0.238 e. The van der Waals surface area contributed by atoms with Gasteiger partial charge in [0.1, 0.15) is 5.54 Å². The van der Waals surface area contributed by atoms with Gasteiger partial charge < -0.3 is 16.0 Å². The molecule has 2 unspecified atom stereocenters. The van der Waals surface area contributed by atoms with Crippen LogP contribution in [-0.4, -0.2) is 42.0 Å². The molecule has 4 heteroatoms. The third-order valence-electron chi connectivity index (χ3n) is 5.97. The highest BCUT2D eigenvalue weighted by molar-refractivity contribution is 5.85. The Kier molecular flexibility index (Phi) is 4.55. The zero-order valence-electron chi connectivity index (χ0n) is 13.4. The van der Waals surface area contributed by atoms with Gasteiger partial charge in [-0.15, -0.1) is 0 Å². The molecule has 0 radical (unpaired) electrons. The Labute approximate surface area is 128 Å². The topological polar surface area (TPSA) is 58.4 Å². The Bertz CT molecular complexity index is 374. The van der Waals surface area contributed by atoms with Crippen molar-refractivity contribution >= 4 is 5.91 Å². The molecule has 3 N–H and O–H groups in total. The molecule has 3 aliphatic rings. The average Bonchev–Trinajstić information content (AvgIpc) is 3.17. The number of carbonyl (C=O) groups is 1. The molecule has 120 valence electrons. The molecule has 0 bridgehead atoms. The fraction of sp³-hybridized carbons (Fsp3) is 0.941. The first-order valence-corrected chi connectivity index (χ1v) is 8.90. The molecule has 0 aromatic heterocycles. The van der Waals surface area contributed by atoms with E-state index in [0.29, 0.717) is 12.0 Å². The molecule has 2 saturated carbocycles. The summed E-state index contributed by atoms with van der Waals surface area (Å²) in [6.07, 6.45) is 9.45. The van der Waals surface area contributed by atoms with Crippen molar-refractivity contribution in [1.29, 1.82) is 0 Å². The van der Waals surface area contributed by atoms with Gasteiger partial charge in [-0.25, -0.2) is 0 Å². The van der Waals surface area contributed by atoms with Crippen molar-refractivity contribution in [2.24, 2.45) is 17.6 Å². The number of hydrogen-bond acceptors (Lipinski definition) is 3. The minimum Gasteiger partial charge on any atom is -0.368 e. The van der Waals surface area contributed by atoms with Crippen molar-refractivity contribution < 1.29 is 4.79 Å². The predicted octanol–water partition coefficient (Wildman–Crippen LogP) is 1.88. The van der Waals surface area contributed by atoms with Crippen LogP contribution in [0.3, 0.4) is 0 Å². The van der Waals surface area contributed by atoms with Gasteiger partial charge in [0.15, 0.2) is 0 Å². The minimum absolute atomic E-state index is 0.107. The zero-order chi connectivity index (χ0) is 14.9. The van der Waals surface area contributed by atoms with Gasteiger partial charge in [-0.05, 0) is 76.4 Å². The number of carbonyl (C=O) groups excluding carboxylic acids is 1. The quantitative estimate of drug-likeness (QED) is 0.786. The Morgan fingerprint density at radius 1 is 1.24 bits per heavy atom. The molecule has 3 rings (SSSR count). The number of rotatable bonds is 6. The molecule has 0 aromatic carbocycles. The minimum atomic E-state index is -0.399. The van der Waals surface area contributed by atoms with Gasteiger partial charge in [0.2, 0.25) is 5.91 Å². The molecule has 2 aliphatic carbocycles. The summed E-state index contributed by atoms with van der Waals surface area (Å²) < 4.78 is 0. The van der Waals surface area contributed by atoms with E-state index in [2.05, 4.69) is 17.1 Å². The van der Waals surface area contributed by atoms with Crippen molar-refractivity contribution in [3.8, 4) is 0 Å². The largest absolute Gasteiger partial charge is 0.368 e. The second kappa shape index (κ2) is 6.25. The van der Waals surface area contributed by atoms with Crippen LogP contribution in [0, 0.1) is 11.8 Å². The van der Waals surface area contributed by atoms with E-state index in [1.165, 1.54) is 38.8 Å². The Balaban J connectivity index is 1.56. The van der Waals surface area contributed by atoms with Gasteiger partial charge in [0.05, 0.1) is 0 Å². The highest BCUT2D eigenvalue weighted by Gasteiger charge is 2.49. The fourth-order valence-electron chi connectivity index (χ4n) is 4.27. The summed E-state index contributed by atoms with van der Waals surface area (Å²) in [6, 6.07) is 0.550.